The summed E-state index contributed by atoms with van der Waals surface area (Å²) in [6.07, 6.45) is 3.74. The Labute approximate surface area is 207 Å². The molecule has 2 heterocycles. The molecule has 0 spiro atoms. The SMILES string of the molecule is COCCNC(=O)c1c(NC(=O)COC(=O)c2ccc3nc(C)c(C)nc3c2)sc2c1CCCC2. The summed E-state index contributed by atoms with van der Waals surface area (Å²) in [7, 11) is 1.57. The maximum absolute atomic E-state index is 12.9. The van der Waals surface area contributed by atoms with Crippen molar-refractivity contribution in [1.82, 2.24) is 15.3 Å². The van der Waals surface area contributed by atoms with Gasteiger partial charge in [0.25, 0.3) is 11.8 Å². The predicted molar refractivity (Wildman–Crippen MR) is 133 cm³/mol. The molecule has 184 valence electrons. The third-order valence-electron chi connectivity index (χ3n) is 5.89. The van der Waals surface area contributed by atoms with Crippen molar-refractivity contribution in [2.24, 2.45) is 0 Å². The van der Waals surface area contributed by atoms with Gasteiger partial charge in [0.2, 0.25) is 0 Å². The number of ether oxygens (including phenoxy) is 2. The minimum atomic E-state index is -0.634. The molecule has 0 aliphatic heterocycles. The molecule has 2 aromatic heterocycles. The molecule has 3 aromatic rings. The summed E-state index contributed by atoms with van der Waals surface area (Å²) in [5.41, 5.74) is 4.65. The van der Waals surface area contributed by atoms with Crippen molar-refractivity contribution in [3.8, 4) is 0 Å². The zero-order chi connectivity index (χ0) is 24.9. The molecule has 0 unspecified atom stereocenters. The Morgan fingerprint density at radius 3 is 2.57 bits per heavy atom. The Kier molecular flexibility index (Phi) is 7.72. The van der Waals surface area contributed by atoms with Gasteiger partial charge in [0.05, 0.1) is 40.2 Å². The minimum absolute atomic E-state index is 0.239. The van der Waals surface area contributed by atoms with Crippen molar-refractivity contribution in [3.63, 3.8) is 0 Å². The molecule has 2 amide bonds. The number of aryl methyl sites for hydroxylation is 3. The van der Waals surface area contributed by atoms with Gasteiger partial charge in [0.1, 0.15) is 5.00 Å². The highest BCUT2D eigenvalue weighted by atomic mass is 32.1. The summed E-state index contributed by atoms with van der Waals surface area (Å²) in [4.78, 5) is 48.1. The number of carbonyl (C=O) groups excluding carboxylic acids is 3. The number of benzene rings is 1. The molecular formula is C25H28N4O5S. The largest absolute Gasteiger partial charge is 0.452 e. The fourth-order valence-corrected chi connectivity index (χ4v) is 5.29. The number of aromatic nitrogens is 2. The lowest BCUT2D eigenvalue weighted by Gasteiger charge is -2.13. The number of nitrogens with one attached hydrogen (secondary N) is 2. The fourth-order valence-electron chi connectivity index (χ4n) is 3.98. The molecule has 0 saturated heterocycles. The van der Waals surface area contributed by atoms with Gasteiger partial charge in [-0.25, -0.2) is 14.8 Å². The zero-order valence-electron chi connectivity index (χ0n) is 20.0. The maximum atomic E-state index is 12.9. The van der Waals surface area contributed by atoms with Crippen LogP contribution in [0.25, 0.3) is 11.0 Å². The van der Waals surface area contributed by atoms with E-state index in [1.165, 1.54) is 11.3 Å². The second-order valence-corrected chi connectivity index (χ2v) is 9.49. The Morgan fingerprint density at radius 2 is 1.80 bits per heavy atom. The standard InChI is InChI=1S/C25H28N4O5S/c1-14-15(2)28-19-12-16(8-9-18(19)27-14)25(32)34-13-21(30)29-24-22(23(31)26-10-11-33-3)17-6-4-5-7-20(17)35-24/h8-9,12H,4-7,10-11,13H2,1-3H3,(H,26,31)(H,29,30). The molecule has 0 bridgehead atoms. The van der Waals surface area contributed by atoms with Gasteiger partial charge in [0.15, 0.2) is 6.61 Å². The molecule has 0 saturated carbocycles. The van der Waals surface area contributed by atoms with Crippen molar-refractivity contribution in [1.29, 1.82) is 0 Å². The van der Waals surface area contributed by atoms with Crippen molar-refractivity contribution in [2.45, 2.75) is 39.5 Å². The molecule has 35 heavy (non-hydrogen) atoms. The minimum Gasteiger partial charge on any atom is -0.452 e. The van der Waals surface area contributed by atoms with E-state index in [0.717, 1.165) is 47.5 Å². The summed E-state index contributed by atoms with van der Waals surface area (Å²) in [6, 6.07) is 4.91. The number of methoxy groups -OCH3 is 1. The van der Waals surface area contributed by atoms with Crippen LogP contribution in [0, 0.1) is 13.8 Å². The van der Waals surface area contributed by atoms with Crippen LogP contribution in [0.2, 0.25) is 0 Å². The number of carbonyl (C=O) groups is 3. The van der Waals surface area contributed by atoms with Gasteiger partial charge in [-0.2, -0.15) is 0 Å². The summed E-state index contributed by atoms with van der Waals surface area (Å²) in [5.74, 6) is -1.38. The number of anilines is 1. The van der Waals surface area contributed by atoms with Gasteiger partial charge in [0, 0.05) is 18.5 Å². The second kappa shape index (κ2) is 10.9. The van der Waals surface area contributed by atoms with E-state index in [-0.39, 0.29) is 11.5 Å². The zero-order valence-corrected chi connectivity index (χ0v) is 20.8. The van der Waals surface area contributed by atoms with E-state index in [0.29, 0.717) is 34.7 Å². The fraction of sp³-hybridized carbons (Fsp3) is 0.400. The van der Waals surface area contributed by atoms with E-state index in [2.05, 4.69) is 20.6 Å². The van der Waals surface area contributed by atoms with E-state index in [1.54, 1.807) is 25.3 Å². The predicted octanol–water partition coefficient (Wildman–Crippen LogP) is 3.36. The lowest BCUT2D eigenvalue weighted by molar-refractivity contribution is -0.119. The highest BCUT2D eigenvalue weighted by Gasteiger charge is 2.26. The lowest BCUT2D eigenvalue weighted by Crippen LogP contribution is -2.29. The molecule has 1 aromatic carbocycles. The Balaban J connectivity index is 1.43. The summed E-state index contributed by atoms with van der Waals surface area (Å²) in [6.45, 7) is 4.03. The number of rotatable bonds is 8. The monoisotopic (exact) mass is 496 g/mol. The molecule has 1 aliphatic rings. The molecular weight excluding hydrogens is 468 g/mol. The van der Waals surface area contributed by atoms with Gasteiger partial charge in [-0.1, -0.05) is 0 Å². The first-order valence-electron chi connectivity index (χ1n) is 11.5. The topological polar surface area (TPSA) is 120 Å². The van der Waals surface area contributed by atoms with Gasteiger partial charge < -0.3 is 20.1 Å². The number of hydrogen-bond acceptors (Lipinski definition) is 8. The molecule has 10 heteroatoms. The smallest absolute Gasteiger partial charge is 0.338 e. The highest BCUT2D eigenvalue weighted by molar-refractivity contribution is 7.17. The molecule has 4 rings (SSSR count). The van der Waals surface area contributed by atoms with Gasteiger partial charge in [-0.15, -0.1) is 11.3 Å². The van der Waals surface area contributed by atoms with Crippen molar-refractivity contribution in [2.75, 3.05) is 32.2 Å². The van der Waals surface area contributed by atoms with Gasteiger partial charge >= 0.3 is 5.97 Å². The highest BCUT2D eigenvalue weighted by Crippen LogP contribution is 2.38. The number of amides is 2. The van der Waals surface area contributed by atoms with Crippen molar-refractivity contribution >= 4 is 45.2 Å². The normalized spacial score (nSPS) is 12.8. The van der Waals surface area contributed by atoms with E-state index < -0.39 is 18.5 Å². The van der Waals surface area contributed by atoms with Crippen molar-refractivity contribution in [3.05, 3.63) is 51.2 Å². The van der Waals surface area contributed by atoms with E-state index in [4.69, 9.17) is 9.47 Å². The second-order valence-electron chi connectivity index (χ2n) is 8.39. The number of thiophene rings is 1. The van der Waals surface area contributed by atoms with Crippen LogP contribution in [-0.4, -0.2) is 54.6 Å². The summed E-state index contributed by atoms with van der Waals surface area (Å²) < 4.78 is 10.2. The summed E-state index contributed by atoms with van der Waals surface area (Å²) in [5, 5.41) is 6.10. The van der Waals surface area contributed by atoms with Crippen molar-refractivity contribution < 1.29 is 23.9 Å². The summed E-state index contributed by atoms with van der Waals surface area (Å²) >= 11 is 1.41. The van der Waals surface area contributed by atoms with E-state index >= 15 is 0 Å². The van der Waals surface area contributed by atoms with Crippen LogP contribution in [-0.2, 0) is 27.1 Å². The van der Waals surface area contributed by atoms with Crippen LogP contribution >= 0.6 is 11.3 Å². The Morgan fingerprint density at radius 1 is 1.06 bits per heavy atom. The first-order chi connectivity index (χ1) is 16.9. The average Bonchev–Trinajstić information content (AvgIpc) is 3.20. The number of hydrogen-bond donors (Lipinski definition) is 2. The quantitative estimate of drug-likeness (QED) is 0.362. The first kappa shape index (κ1) is 24.7. The van der Waals surface area contributed by atoms with E-state index in [1.807, 2.05) is 13.8 Å². The number of fused-ring (bicyclic) bond motifs is 2. The first-order valence-corrected chi connectivity index (χ1v) is 12.3. The number of nitrogens with zero attached hydrogens (tertiary/aromatic N) is 2. The van der Waals surface area contributed by atoms with Crippen LogP contribution in [0.4, 0.5) is 5.00 Å². The Hall–Kier alpha value is -3.37. The average molecular weight is 497 g/mol. The van der Waals surface area contributed by atoms with Crippen LogP contribution < -0.4 is 10.6 Å². The van der Waals surface area contributed by atoms with Crippen LogP contribution in [0.1, 0.15) is 55.4 Å². The molecule has 9 nitrogen and oxygen atoms in total. The van der Waals surface area contributed by atoms with Crippen LogP contribution in [0.3, 0.4) is 0 Å². The third kappa shape index (κ3) is 5.66. The molecule has 1 aliphatic carbocycles. The molecule has 0 fully saturated rings. The molecule has 2 N–H and O–H groups in total. The Bertz CT molecular complexity index is 1290. The lowest BCUT2D eigenvalue weighted by atomic mass is 9.95. The van der Waals surface area contributed by atoms with Crippen LogP contribution in [0.15, 0.2) is 18.2 Å². The maximum Gasteiger partial charge on any atom is 0.338 e. The van der Waals surface area contributed by atoms with E-state index in [9.17, 15) is 14.4 Å². The molecule has 0 radical (unpaired) electrons. The van der Waals surface area contributed by atoms with Gasteiger partial charge in [-0.05, 0) is 63.3 Å². The van der Waals surface area contributed by atoms with Gasteiger partial charge in [-0.3, -0.25) is 9.59 Å². The number of esters is 1. The molecule has 0 atom stereocenters. The van der Waals surface area contributed by atoms with Crippen LogP contribution in [0.5, 0.6) is 0 Å². The third-order valence-corrected chi connectivity index (χ3v) is 7.10.